The van der Waals surface area contributed by atoms with Crippen molar-refractivity contribution in [3.63, 3.8) is 0 Å². The fourth-order valence-corrected chi connectivity index (χ4v) is 2.38. The second-order valence-electron chi connectivity index (χ2n) is 5.05. The number of carbonyl (C=O) groups excluding carboxylic acids is 1. The highest BCUT2D eigenvalue weighted by atomic mass is 19.3. The highest BCUT2D eigenvalue weighted by Gasteiger charge is 2.57. The van der Waals surface area contributed by atoms with Crippen molar-refractivity contribution >= 4 is 5.78 Å². The van der Waals surface area contributed by atoms with Crippen LogP contribution in [-0.2, 0) is 0 Å². The molecule has 0 N–H and O–H groups in total. The predicted octanol–water partition coefficient (Wildman–Crippen LogP) is 4.47. The summed E-state index contributed by atoms with van der Waals surface area (Å²) < 4.78 is 73.0. The van der Waals surface area contributed by atoms with Crippen LogP contribution >= 0.6 is 0 Å². The van der Waals surface area contributed by atoms with E-state index >= 15 is 0 Å². The van der Waals surface area contributed by atoms with E-state index in [4.69, 9.17) is 10.00 Å². The van der Waals surface area contributed by atoms with Gasteiger partial charge in [-0.25, -0.2) is 13.2 Å². The minimum absolute atomic E-state index is 0.113. The summed E-state index contributed by atoms with van der Waals surface area (Å²) in [4.78, 5) is 11.5. The van der Waals surface area contributed by atoms with Crippen LogP contribution < -0.4 is 4.74 Å². The van der Waals surface area contributed by atoms with E-state index in [1.54, 1.807) is 6.07 Å². The molecule has 0 amide bonds. The van der Waals surface area contributed by atoms with Crippen molar-refractivity contribution in [3.05, 3.63) is 58.7 Å². The van der Waals surface area contributed by atoms with E-state index < -0.39 is 46.4 Å². The maximum atomic E-state index is 14.3. The van der Waals surface area contributed by atoms with Gasteiger partial charge in [0.15, 0.2) is 17.7 Å². The van der Waals surface area contributed by atoms with Crippen LogP contribution in [0.1, 0.15) is 27.7 Å². The molecule has 1 atom stereocenters. The van der Waals surface area contributed by atoms with Gasteiger partial charge in [-0.05, 0) is 18.2 Å². The molecule has 8 heteroatoms. The Labute approximate surface area is 131 Å². The molecule has 122 valence electrons. The quantitative estimate of drug-likeness (QED) is 0.759. The summed E-state index contributed by atoms with van der Waals surface area (Å²) in [5.41, 5.74) is -1.98. The molecule has 0 saturated heterocycles. The third-order valence-electron chi connectivity index (χ3n) is 3.49. The van der Waals surface area contributed by atoms with Crippen molar-refractivity contribution in [1.29, 1.82) is 5.26 Å². The lowest BCUT2D eigenvalue weighted by Gasteiger charge is -2.10. The Morgan fingerprint density at radius 2 is 1.88 bits per heavy atom. The van der Waals surface area contributed by atoms with Crippen molar-refractivity contribution in [2.45, 2.75) is 12.1 Å². The molecule has 3 rings (SSSR count). The third-order valence-corrected chi connectivity index (χ3v) is 3.49. The number of nitriles is 1. The maximum Gasteiger partial charge on any atom is 0.344 e. The Balaban J connectivity index is 2.05. The first-order valence-electron chi connectivity index (χ1n) is 6.53. The summed E-state index contributed by atoms with van der Waals surface area (Å²) >= 11 is 0. The van der Waals surface area contributed by atoms with Gasteiger partial charge < -0.3 is 4.74 Å². The summed E-state index contributed by atoms with van der Waals surface area (Å²) in [5, 5.41) is 8.74. The fourth-order valence-electron chi connectivity index (χ4n) is 2.38. The zero-order valence-electron chi connectivity index (χ0n) is 11.6. The Kier molecular flexibility index (Phi) is 3.52. The Morgan fingerprint density at radius 3 is 2.54 bits per heavy atom. The minimum atomic E-state index is -4.35. The first kappa shape index (κ1) is 15.9. The van der Waals surface area contributed by atoms with Crippen LogP contribution in [0.4, 0.5) is 22.0 Å². The third kappa shape index (κ3) is 2.29. The van der Waals surface area contributed by atoms with E-state index in [2.05, 4.69) is 0 Å². The number of nitrogens with zero attached hydrogens (tertiary/aromatic N) is 1. The van der Waals surface area contributed by atoms with Crippen molar-refractivity contribution < 1.29 is 31.5 Å². The molecule has 0 saturated carbocycles. The van der Waals surface area contributed by atoms with Crippen LogP contribution in [0.2, 0.25) is 0 Å². The first-order valence-corrected chi connectivity index (χ1v) is 6.53. The maximum absolute atomic E-state index is 14.3. The van der Waals surface area contributed by atoms with E-state index in [0.29, 0.717) is 0 Å². The number of halogens is 5. The minimum Gasteiger partial charge on any atom is -0.454 e. The normalized spacial score (nSPS) is 18.2. The van der Waals surface area contributed by atoms with Crippen molar-refractivity contribution in [2.75, 3.05) is 0 Å². The highest BCUT2D eigenvalue weighted by Crippen LogP contribution is 2.48. The largest absolute Gasteiger partial charge is 0.454 e. The number of benzene rings is 2. The molecule has 2 aromatic carbocycles. The standard InChI is InChI=1S/C16H6F5NO2/c17-8-3-7(6-22)4-9(5-8)24-11-2-1-10-12(13(11)18)15(23)16(20,21)14(10)19/h1-5,14H. The Morgan fingerprint density at radius 1 is 1.17 bits per heavy atom. The predicted molar refractivity (Wildman–Crippen MR) is 70.7 cm³/mol. The lowest BCUT2D eigenvalue weighted by molar-refractivity contribution is -0.0364. The number of hydrogen-bond acceptors (Lipinski definition) is 3. The number of rotatable bonds is 2. The number of ether oxygens (including phenoxy) is 1. The molecule has 24 heavy (non-hydrogen) atoms. The number of Topliss-reactive ketones (excluding diaryl/α,β-unsaturated/α-hetero) is 1. The van der Waals surface area contributed by atoms with Gasteiger partial charge in [0.1, 0.15) is 11.6 Å². The SMILES string of the molecule is N#Cc1cc(F)cc(Oc2ccc3c(c2F)C(=O)C(F)(F)C3F)c1. The van der Waals surface area contributed by atoms with Gasteiger partial charge in [-0.2, -0.15) is 14.0 Å². The molecule has 0 bridgehead atoms. The lowest BCUT2D eigenvalue weighted by Crippen LogP contribution is -2.26. The summed E-state index contributed by atoms with van der Waals surface area (Å²) in [7, 11) is 0. The van der Waals surface area contributed by atoms with Gasteiger partial charge in [-0.1, -0.05) is 6.07 Å². The second kappa shape index (κ2) is 5.30. The summed E-state index contributed by atoms with van der Waals surface area (Å²) in [6.07, 6.45) is -2.94. The molecule has 0 spiro atoms. The van der Waals surface area contributed by atoms with Crippen LogP contribution in [0.3, 0.4) is 0 Å². The van der Waals surface area contributed by atoms with E-state index in [0.717, 1.165) is 30.3 Å². The van der Waals surface area contributed by atoms with Crippen LogP contribution in [0.15, 0.2) is 30.3 Å². The van der Waals surface area contributed by atoms with E-state index in [9.17, 15) is 26.7 Å². The van der Waals surface area contributed by atoms with Crippen LogP contribution in [0, 0.1) is 23.0 Å². The average molecular weight is 339 g/mol. The van der Waals surface area contributed by atoms with Gasteiger partial charge >= 0.3 is 5.92 Å². The fraction of sp³-hybridized carbons (Fsp3) is 0.125. The molecule has 1 aliphatic carbocycles. The number of hydrogen-bond donors (Lipinski definition) is 0. The zero-order valence-corrected chi connectivity index (χ0v) is 11.6. The molecule has 0 aliphatic heterocycles. The number of alkyl halides is 3. The number of carbonyl (C=O) groups is 1. The lowest BCUT2D eigenvalue weighted by atomic mass is 10.1. The molecule has 1 aliphatic rings. The van der Waals surface area contributed by atoms with Crippen molar-refractivity contribution in [1.82, 2.24) is 0 Å². The van der Waals surface area contributed by atoms with Crippen LogP contribution in [0.5, 0.6) is 11.5 Å². The monoisotopic (exact) mass is 339 g/mol. The molecular formula is C16H6F5NO2. The second-order valence-corrected chi connectivity index (χ2v) is 5.05. The van der Waals surface area contributed by atoms with Gasteiger partial charge in [0.2, 0.25) is 5.78 Å². The van der Waals surface area contributed by atoms with E-state index in [1.165, 1.54) is 0 Å². The molecule has 0 radical (unpaired) electrons. The molecule has 1 unspecified atom stereocenters. The molecule has 0 heterocycles. The van der Waals surface area contributed by atoms with Crippen LogP contribution in [-0.4, -0.2) is 11.7 Å². The zero-order chi connectivity index (χ0) is 17.6. The van der Waals surface area contributed by atoms with Crippen LogP contribution in [0.25, 0.3) is 0 Å². The highest BCUT2D eigenvalue weighted by molar-refractivity contribution is 6.07. The molecule has 2 aromatic rings. The van der Waals surface area contributed by atoms with Gasteiger partial charge in [0, 0.05) is 11.6 Å². The summed E-state index contributed by atoms with van der Waals surface area (Å²) in [6.45, 7) is 0. The summed E-state index contributed by atoms with van der Waals surface area (Å²) in [6, 6.07) is 6.15. The van der Waals surface area contributed by atoms with Crippen molar-refractivity contribution in [2.24, 2.45) is 0 Å². The summed E-state index contributed by atoms with van der Waals surface area (Å²) in [5.74, 6) is -9.59. The Bertz CT molecular complexity index is 904. The van der Waals surface area contributed by atoms with E-state index in [1.807, 2.05) is 0 Å². The molecular weight excluding hydrogens is 333 g/mol. The Hall–Kier alpha value is -2.95. The number of ketones is 1. The topological polar surface area (TPSA) is 50.1 Å². The average Bonchev–Trinajstić information content (AvgIpc) is 2.70. The van der Waals surface area contributed by atoms with Gasteiger partial charge in [0.25, 0.3) is 0 Å². The molecule has 0 fully saturated rings. The van der Waals surface area contributed by atoms with Gasteiger partial charge in [-0.3, -0.25) is 4.79 Å². The van der Waals surface area contributed by atoms with Gasteiger partial charge in [-0.15, -0.1) is 0 Å². The molecule has 0 aromatic heterocycles. The molecule has 3 nitrogen and oxygen atoms in total. The number of fused-ring (bicyclic) bond motifs is 1. The smallest absolute Gasteiger partial charge is 0.344 e. The van der Waals surface area contributed by atoms with Gasteiger partial charge in [0.05, 0.1) is 17.2 Å². The van der Waals surface area contributed by atoms with Crippen molar-refractivity contribution in [3.8, 4) is 17.6 Å². The van der Waals surface area contributed by atoms with E-state index in [-0.39, 0.29) is 11.3 Å². The first-order chi connectivity index (χ1) is 11.3.